The Kier molecular flexibility index (Phi) is 3.43. The maximum Gasteiger partial charge on any atom is 0.340 e. The van der Waals surface area contributed by atoms with Crippen LogP contribution in [-0.2, 0) is 9.67 Å². The number of cyclic esters (lactones) is 1. The van der Waals surface area contributed by atoms with E-state index in [0.29, 0.717) is 5.56 Å². The topological polar surface area (TPSA) is 26.3 Å². The van der Waals surface area contributed by atoms with Crippen molar-refractivity contribution in [3.63, 3.8) is 0 Å². The van der Waals surface area contributed by atoms with Gasteiger partial charge in [0.05, 0.1) is 5.56 Å². The Labute approximate surface area is 139 Å². The Morgan fingerprint density at radius 3 is 2.09 bits per heavy atom. The molecule has 3 heteroatoms. The van der Waals surface area contributed by atoms with Crippen LogP contribution in [0.25, 0.3) is 0 Å². The number of rotatable bonds is 3. The molecule has 0 N–H and O–H groups in total. The molecule has 3 aromatic carbocycles. The quantitative estimate of drug-likeness (QED) is 0.646. The van der Waals surface area contributed by atoms with E-state index in [1.165, 1.54) is 0 Å². The summed E-state index contributed by atoms with van der Waals surface area (Å²) in [4.78, 5) is 12.6. The first-order valence-electron chi connectivity index (χ1n) is 7.42. The van der Waals surface area contributed by atoms with Crippen LogP contribution < -0.4 is 0 Å². The van der Waals surface area contributed by atoms with Gasteiger partial charge in [0, 0.05) is 16.0 Å². The average molecular weight is 318 g/mol. The minimum atomic E-state index is -0.837. The summed E-state index contributed by atoms with van der Waals surface area (Å²) in [6.07, 6.45) is 0. The smallest absolute Gasteiger partial charge is 0.340 e. The number of carbonyl (C=O) groups is 1. The Bertz CT molecular complexity index is 846. The molecule has 0 aliphatic carbocycles. The van der Waals surface area contributed by atoms with Gasteiger partial charge in [-0.2, -0.15) is 0 Å². The van der Waals surface area contributed by atoms with Gasteiger partial charge < -0.3 is 4.74 Å². The first-order chi connectivity index (χ1) is 11.3. The fourth-order valence-corrected chi connectivity index (χ4v) is 4.13. The molecule has 0 spiro atoms. The van der Waals surface area contributed by atoms with Crippen molar-refractivity contribution in [2.45, 2.75) is 9.83 Å². The number of hydrogen-bond donors (Lipinski definition) is 0. The molecule has 1 atom stereocenters. The van der Waals surface area contributed by atoms with Crippen molar-refractivity contribution in [2.75, 3.05) is 0 Å². The molecule has 0 saturated heterocycles. The monoisotopic (exact) mass is 318 g/mol. The lowest BCUT2D eigenvalue weighted by atomic mass is 9.99. The van der Waals surface area contributed by atoms with E-state index in [4.69, 9.17) is 4.74 Å². The molecule has 0 radical (unpaired) electrons. The molecule has 2 nitrogen and oxygen atoms in total. The lowest BCUT2D eigenvalue weighted by Gasteiger charge is -2.28. The van der Waals surface area contributed by atoms with Crippen molar-refractivity contribution in [3.05, 3.63) is 102 Å². The molecule has 0 fully saturated rings. The van der Waals surface area contributed by atoms with E-state index in [2.05, 4.69) is 0 Å². The molecule has 0 bridgehead atoms. The summed E-state index contributed by atoms with van der Waals surface area (Å²) >= 11 is 1.56. The fraction of sp³-hybridized carbons (Fsp3) is 0.0500. The van der Waals surface area contributed by atoms with Crippen molar-refractivity contribution < 1.29 is 9.53 Å². The highest BCUT2D eigenvalue weighted by Gasteiger charge is 2.47. The van der Waals surface area contributed by atoms with Crippen molar-refractivity contribution in [2.24, 2.45) is 0 Å². The summed E-state index contributed by atoms with van der Waals surface area (Å²) in [7, 11) is 0. The standard InChI is InChI=1S/C20H14O2S/c21-19-17-13-7-8-14-18(17)20(22-19,15-9-3-1-4-10-15)23-16-11-5-2-6-12-16/h1-14H/t20-/m1/s1. The summed E-state index contributed by atoms with van der Waals surface area (Å²) in [5.74, 6) is -0.270. The third kappa shape index (κ3) is 2.34. The number of carbonyl (C=O) groups excluding carboxylic acids is 1. The fourth-order valence-electron chi connectivity index (χ4n) is 2.85. The summed E-state index contributed by atoms with van der Waals surface area (Å²) in [6.45, 7) is 0. The third-order valence-electron chi connectivity index (χ3n) is 3.90. The Morgan fingerprint density at radius 1 is 0.739 bits per heavy atom. The van der Waals surface area contributed by atoms with Gasteiger partial charge in [0.2, 0.25) is 4.93 Å². The molecule has 4 rings (SSSR count). The van der Waals surface area contributed by atoms with Gasteiger partial charge in [0.15, 0.2) is 0 Å². The molecule has 0 aromatic heterocycles. The van der Waals surface area contributed by atoms with Gasteiger partial charge in [-0.3, -0.25) is 0 Å². The lowest BCUT2D eigenvalue weighted by Crippen LogP contribution is -2.23. The number of hydrogen-bond acceptors (Lipinski definition) is 3. The highest BCUT2D eigenvalue weighted by molar-refractivity contribution is 8.00. The van der Waals surface area contributed by atoms with Crippen molar-refractivity contribution >= 4 is 17.7 Å². The summed E-state index contributed by atoms with van der Waals surface area (Å²) in [5, 5.41) is 0. The average Bonchev–Trinajstić information content (AvgIpc) is 2.90. The molecule has 1 aliphatic rings. The Hall–Kier alpha value is -2.52. The number of ether oxygens (including phenoxy) is 1. The van der Waals surface area contributed by atoms with Gasteiger partial charge >= 0.3 is 5.97 Å². The van der Waals surface area contributed by atoms with Crippen LogP contribution in [-0.4, -0.2) is 5.97 Å². The van der Waals surface area contributed by atoms with Gasteiger partial charge in [-0.05, 0) is 18.2 Å². The number of thioether (sulfide) groups is 1. The maximum absolute atomic E-state index is 12.4. The van der Waals surface area contributed by atoms with Crippen LogP contribution in [0.15, 0.2) is 89.8 Å². The SMILES string of the molecule is O=C1O[C@@](Sc2ccccc2)(c2ccccc2)c2ccccc21. The van der Waals surface area contributed by atoms with Gasteiger partial charge in [-0.1, -0.05) is 78.5 Å². The zero-order valence-electron chi connectivity index (χ0n) is 12.3. The van der Waals surface area contributed by atoms with E-state index in [9.17, 15) is 4.79 Å². The maximum atomic E-state index is 12.4. The minimum Gasteiger partial charge on any atom is -0.435 e. The second-order valence-electron chi connectivity index (χ2n) is 5.33. The predicted molar refractivity (Wildman–Crippen MR) is 91.4 cm³/mol. The zero-order chi connectivity index (χ0) is 15.7. The first-order valence-corrected chi connectivity index (χ1v) is 8.24. The van der Waals surface area contributed by atoms with Gasteiger partial charge in [-0.15, -0.1) is 0 Å². The van der Waals surface area contributed by atoms with Gasteiger partial charge in [-0.25, -0.2) is 4.79 Å². The minimum absolute atomic E-state index is 0.270. The summed E-state index contributed by atoms with van der Waals surface area (Å²) in [5.41, 5.74) is 2.51. The van der Waals surface area contributed by atoms with Gasteiger partial charge in [0.1, 0.15) is 0 Å². The lowest BCUT2D eigenvalue weighted by molar-refractivity contribution is 0.0384. The molecule has 1 aliphatic heterocycles. The first kappa shape index (κ1) is 14.1. The van der Waals surface area contributed by atoms with Crippen molar-refractivity contribution in [3.8, 4) is 0 Å². The largest absolute Gasteiger partial charge is 0.435 e. The molecular weight excluding hydrogens is 304 g/mol. The molecule has 0 saturated carbocycles. The van der Waals surface area contributed by atoms with E-state index in [0.717, 1.165) is 16.0 Å². The van der Waals surface area contributed by atoms with Crippen LogP contribution in [0.1, 0.15) is 21.5 Å². The molecule has 0 amide bonds. The molecule has 0 unspecified atom stereocenters. The zero-order valence-corrected chi connectivity index (χ0v) is 13.1. The normalized spacial score (nSPS) is 19.2. The van der Waals surface area contributed by atoms with Crippen molar-refractivity contribution in [1.82, 2.24) is 0 Å². The molecule has 112 valence electrons. The van der Waals surface area contributed by atoms with E-state index in [1.807, 2.05) is 84.9 Å². The summed E-state index contributed by atoms with van der Waals surface area (Å²) in [6, 6.07) is 27.6. The van der Waals surface area contributed by atoms with Crippen LogP contribution in [0, 0.1) is 0 Å². The van der Waals surface area contributed by atoms with Crippen LogP contribution in [0.5, 0.6) is 0 Å². The van der Waals surface area contributed by atoms with Crippen LogP contribution in [0.4, 0.5) is 0 Å². The third-order valence-corrected chi connectivity index (χ3v) is 5.23. The summed E-state index contributed by atoms with van der Waals surface area (Å²) < 4.78 is 5.93. The molecule has 3 aromatic rings. The predicted octanol–water partition coefficient (Wildman–Crippen LogP) is 4.85. The Morgan fingerprint density at radius 2 is 1.35 bits per heavy atom. The van der Waals surface area contributed by atoms with Crippen molar-refractivity contribution in [1.29, 1.82) is 0 Å². The van der Waals surface area contributed by atoms with E-state index >= 15 is 0 Å². The Balaban J connectivity index is 1.92. The number of esters is 1. The van der Waals surface area contributed by atoms with Crippen LogP contribution in [0.2, 0.25) is 0 Å². The molecular formula is C20H14O2S. The molecule has 23 heavy (non-hydrogen) atoms. The van der Waals surface area contributed by atoms with E-state index in [1.54, 1.807) is 11.8 Å². The van der Waals surface area contributed by atoms with E-state index < -0.39 is 4.93 Å². The van der Waals surface area contributed by atoms with Crippen LogP contribution >= 0.6 is 11.8 Å². The van der Waals surface area contributed by atoms with Gasteiger partial charge in [0.25, 0.3) is 0 Å². The van der Waals surface area contributed by atoms with Crippen LogP contribution in [0.3, 0.4) is 0 Å². The highest BCUT2D eigenvalue weighted by atomic mass is 32.2. The second kappa shape index (κ2) is 5.60. The number of fused-ring (bicyclic) bond motifs is 1. The van der Waals surface area contributed by atoms with E-state index in [-0.39, 0.29) is 5.97 Å². The highest BCUT2D eigenvalue weighted by Crippen LogP contribution is 2.52. The number of benzene rings is 3. The molecule has 1 heterocycles. The second-order valence-corrected chi connectivity index (χ2v) is 6.58.